The highest BCUT2D eigenvalue weighted by Crippen LogP contribution is 2.48. The molecule has 0 aliphatic heterocycles. The first-order valence-corrected chi connectivity index (χ1v) is 12.0. The molecule has 0 saturated carbocycles. The minimum absolute atomic E-state index is 0.00440. The van der Waals surface area contributed by atoms with Gasteiger partial charge in [0.2, 0.25) is 0 Å². The van der Waals surface area contributed by atoms with Crippen LogP contribution in [0.2, 0.25) is 0 Å². The minimum atomic E-state index is -1.60. The lowest BCUT2D eigenvalue weighted by molar-refractivity contribution is 0.450. The van der Waals surface area contributed by atoms with Crippen molar-refractivity contribution in [2.24, 2.45) is 0 Å². The Hall–Kier alpha value is -4.32. The van der Waals surface area contributed by atoms with Gasteiger partial charge >= 0.3 is 0 Å². The Labute approximate surface area is 213 Å². The molecule has 0 unspecified atom stereocenters. The van der Waals surface area contributed by atoms with E-state index in [0.29, 0.717) is 11.1 Å². The Kier molecular flexibility index (Phi) is 4.86. The summed E-state index contributed by atoms with van der Waals surface area (Å²) in [6.07, 6.45) is 0.368. The summed E-state index contributed by atoms with van der Waals surface area (Å²) in [5.41, 5.74) is 3.05. The molecule has 0 atom stereocenters. The standard InChI is InChI=1S/C32H16F6/c33-27-23(21-13-15-6-1-3-10-19(15)25(21)29(35)31(27)37)17-8-5-9-18(12-17)24-22-14-16-7-2-4-11-20(16)26(22)30(36)32(38)28(24)34/h1-12H,13-14H2. The summed E-state index contributed by atoms with van der Waals surface area (Å²) in [4.78, 5) is 0. The topological polar surface area (TPSA) is 0 Å². The predicted molar refractivity (Wildman–Crippen MR) is 134 cm³/mol. The quantitative estimate of drug-likeness (QED) is 0.160. The molecule has 0 bridgehead atoms. The fourth-order valence-electron chi connectivity index (χ4n) is 5.98. The number of rotatable bonds is 2. The van der Waals surface area contributed by atoms with Crippen LogP contribution in [0.4, 0.5) is 26.3 Å². The monoisotopic (exact) mass is 514 g/mol. The predicted octanol–water partition coefficient (Wildman–Crippen LogP) is 9.00. The van der Waals surface area contributed by atoms with Gasteiger partial charge in [-0.1, -0.05) is 66.7 Å². The third-order valence-corrected chi connectivity index (χ3v) is 7.60. The highest BCUT2D eigenvalue weighted by Gasteiger charge is 2.34. The molecule has 186 valence electrons. The SMILES string of the molecule is Fc1c(F)c(-c2cccc(-c3c(F)c(F)c(F)c4c3Cc3ccccc3-4)c2)c2c(c1F)-c1ccccc1C2. The van der Waals surface area contributed by atoms with Crippen LogP contribution < -0.4 is 0 Å². The first-order valence-electron chi connectivity index (χ1n) is 12.0. The van der Waals surface area contributed by atoms with Crippen LogP contribution in [0.1, 0.15) is 22.3 Å². The van der Waals surface area contributed by atoms with E-state index in [1.807, 2.05) is 0 Å². The maximum atomic E-state index is 15.4. The van der Waals surface area contributed by atoms with Crippen molar-refractivity contribution >= 4 is 0 Å². The molecule has 0 heterocycles. The Morgan fingerprint density at radius 1 is 0.395 bits per heavy atom. The highest BCUT2D eigenvalue weighted by molar-refractivity contribution is 5.89. The summed E-state index contributed by atoms with van der Waals surface area (Å²) in [5, 5.41) is 0. The zero-order chi connectivity index (χ0) is 26.3. The van der Waals surface area contributed by atoms with Gasteiger partial charge in [-0.25, -0.2) is 26.3 Å². The van der Waals surface area contributed by atoms with Crippen LogP contribution in [-0.4, -0.2) is 0 Å². The van der Waals surface area contributed by atoms with Crippen molar-refractivity contribution in [1.29, 1.82) is 0 Å². The second-order valence-corrected chi connectivity index (χ2v) is 9.59. The summed E-state index contributed by atoms with van der Waals surface area (Å²) in [6.45, 7) is 0. The van der Waals surface area contributed by atoms with Crippen LogP contribution in [0, 0.1) is 34.9 Å². The maximum Gasteiger partial charge on any atom is 0.195 e. The molecule has 0 aromatic heterocycles. The zero-order valence-corrected chi connectivity index (χ0v) is 19.6. The molecule has 0 spiro atoms. The Morgan fingerprint density at radius 3 is 1.24 bits per heavy atom. The first-order chi connectivity index (χ1) is 18.4. The minimum Gasteiger partial charge on any atom is -0.203 e. The molecule has 6 heteroatoms. The molecule has 2 aliphatic carbocycles. The van der Waals surface area contributed by atoms with E-state index in [1.54, 1.807) is 48.5 Å². The van der Waals surface area contributed by atoms with Crippen LogP contribution in [-0.2, 0) is 12.8 Å². The normalized spacial score (nSPS) is 12.8. The third-order valence-electron chi connectivity index (χ3n) is 7.60. The molecular weight excluding hydrogens is 498 g/mol. The zero-order valence-electron chi connectivity index (χ0n) is 19.6. The van der Waals surface area contributed by atoms with E-state index < -0.39 is 34.9 Å². The molecule has 2 aliphatic rings. The van der Waals surface area contributed by atoms with Gasteiger partial charge in [-0.2, -0.15) is 0 Å². The second-order valence-electron chi connectivity index (χ2n) is 9.59. The molecule has 0 fully saturated rings. The number of benzene rings is 5. The number of halogens is 6. The molecule has 0 saturated heterocycles. The van der Waals surface area contributed by atoms with Gasteiger partial charge in [-0.3, -0.25) is 0 Å². The van der Waals surface area contributed by atoms with Crippen molar-refractivity contribution < 1.29 is 26.3 Å². The van der Waals surface area contributed by atoms with Crippen LogP contribution in [0.15, 0.2) is 72.8 Å². The molecular formula is C32H16F6. The van der Waals surface area contributed by atoms with Gasteiger partial charge in [0.05, 0.1) is 0 Å². The van der Waals surface area contributed by atoms with E-state index in [2.05, 4.69) is 0 Å². The molecule has 0 nitrogen and oxygen atoms in total. The lowest BCUT2D eigenvalue weighted by Gasteiger charge is -2.16. The number of fused-ring (bicyclic) bond motifs is 6. The van der Waals surface area contributed by atoms with Gasteiger partial charge in [-0.05, 0) is 63.4 Å². The maximum absolute atomic E-state index is 15.4. The summed E-state index contributed by atoms with van der Waals surface area (Å²) < 4.78 is 90.3. The summed E-state index contributed by atoms with van der Waals surface area (Å²) in [7, 11) is 0. The number of hydrogen-bond donors (Lipinski definition) is 0. The van der Waals surface area contributed by atoms with Gasteiger partial charge < -0.3 is 0 Å². The summed E-state index contributed by atoms with van der Waals surface area (Å²) in [5.74, 6) is -8.43. The van der Waals surface area contributed by atoms with Crippen LogP contribution >= 0.6 is 0 Å². The fourth-order valence-corrected chi connectivity index (χ4v) is 5.98. The van der Waals surface area contributed by atoms with Crippen LogP contribution in [0.5, 0.6) is 0 Å². The largest absolute Gasteiger partial charge is 0.203 e. The Bertz CT molecular complexity index is 1710. The van der Waals surface area contributed by atoms with E-state index >= 15 is 8.78 Å². The van der Waals surface area contributed by atoms with Gasteiger partial charge in [0.25, 0.3) is 0 Å². The van der Waals surface area contributed by atoms with Crippen LogP contribution in [0.25, 0.3) is 44.5 Å². The summed E-state index contributed by atoms with van der Waals surface area (Å²) in [6, 6.07) is 19.7. The molecule has 38 heavy (non-hydrogen) atoms. The van der Waals surface area contributed by atoms with Crippen molar-refractivity contribution in [2.75, 3.05) is 0 Å². The number of hydrogen-bond acceptors (Lipinski definition) is 0. The van der Waals surface area contributed by atoms with Crippen molar-refractivity contribution in [3.05, 3.63) is 130 Å². The first kappa shape index (κ1) is 22.8. The highest BCUT2D eigenvalue weighted by atomic mass is 19.2. The van der Waals surface area contributed by atoms with E-state index in [1.165, 1.54) is 24.3 Å². The molecule has 0 amide bonds. The fraction of sp³-hybridized carbons (Fsp3) is 0.0625. The lowest BCUT2D eigenvalue weighted by atomic mass is 9.90. The van der Waals surface area contributed by atoms with Crippen molar-refractivity contribution in [3.63, 3.8) is 0 Å². The van der Waals surface area contributed by atoms with Crippen LogP contribution in [0.3, 0.4) is 0 Å². The van der Waals surface area contributed by atoms with E-state index in [9.17, 15) is 17.6 Å². The van der Waals surface area contributed by atoms with Gasteiger partial charge in [-0.15, -0.1) is 0 Å². The average molecular weight is 514 g/mol. The summed E-state index contributed by atoms with van der Waals surface area (Å²) >= 11 is 0. The average Bonchev–Trinajstić information content (AvgIpc) is 3.50. The molecule has 5 aromatic carbocycles. The smallest absolute Gasteiger partial charge is 0.195 e. The van der Waals surface area contributed by atoms with Crippen molar-refractivity contribution in [1.82, 2.24) is 0 Å². The molecule has 0 radical (unpaired) electrons. The van der Waals surface area contributed by atoms with E-state index in [-0.39, 0.29) is 57.3 Å². The van der Waals surface area contributed by atoms with Crippen molar-refractivity contribution in [3.8, 4) is 44.5 Å². The van der Waals surface area contributed by atoms with Gasteiger partial charge in [0.1, 0.15) is 0 Å². The molecule has 0 N–H and O–H groups in total. The van der Waals surface area contributed by atoms with Crippen molar-refractivity contribution in [2.45, 2.75) is 12.8 Å². The van der Waals surface area contributed by atoms with Gasteiger partial charge in [0.15, 0.2) is 34.9 Å². The second kappa shape index (κ2) is 8.09. The Morgan fingerprint density at radius 2 is 0.789 bits per heavy atom. The Balaban J connectivity index is 1.47. The van der Waals surface area contributed by atoms with Gasteiger partial charge in [0, 0.05) is 22.3 Å². The van der Waals surface area contributed by atoms with E-state index in [0.717, 1.165) is 11.1 Å². The molecule has 5 aromatic rings. The molecule has 7 rings (SSSR count). The van der Waals surface area contributed by atoms with E-state index in [4.69, 9.17) is 0 Å². The lowest BCUT2D eigenvalue weighted by Crippen LogP contribution is -2.03. The third kappa shape index (κ3) is 3.00.